The fraction of sp³-hybridized carbons (Fsp3) is 0.458. The molecule has 4 rings (SSSR count). The Morgan fingerprint density at radius 1 is 0.862 bits per heavy atom. The molecule has 2 N–H and O–H groups in total. The molecule has 0 radical (unpaired) electrons. The number of rotatable bonds is 5. The third-order valence-electron chi connectivity index (χ3n) is 6.05. The van der Waals surface area contributed by atoms with Crippen LogP contribution in [0.15, 0.2) is 54.6 Å². The first-order valence-electron chi connectivity index (χ1n) is 10.9. The van der Waals surface area contributed by atoms with Crippen LogP contribution < -0.4 is 15.5 Å². The van der Waals surface area contributed by atoms with Crippen molar-refractivity contribution >= 4 is 17.4 Å². The first-order chi connectivity index (χ1) is 14.3. The Labute approximate surface area is 174 Å². The number of anilines is 2. The fourth-order valence-corrected chi connectivity index (χ4v) is 4.36. The van der Waals surface area contributed by atoms with E-state index in [0.29, 0.717) is 6.04 Å². The predicted octanol–water partition coefficient (Wildman–Crippen LogP) is 4.46. The van der Waals surface area contributed by atoms with E-state index in [9.17, 15) is 4.79 Å². The summed E-state index contributed by atoms with van der Waals surface area (Å²) in [5.41, 5.74) is 3.45. The highest BCUT2D eigenvalue weighted by Crippen LogP contribution is 2.21. The van der Waals surface area contributed by atoms with Crippen LogP contribution in [0.2, 0.25) is 0 Å². The minimum Gasteiger partial charge on any atom is -0.369 e. The van der Waals surface area contributed by atoms with Gasteiger partial charge < -0.3 is 15.5 Å². The van der Waals surface area contributed by atoms with Gasteiger partial charge in [0.2, 0.25) is 0 Å². The van der Waals surface area contributed by atoms with Gasteiger partial charge in [0.1, 0.15) is 0 Å². The van der Waals surface area contributed by atoms with Gasteiger partial charge in [-0.25, -0.2) is 4.79 Å². The molecule has 5 nitrogen and oxygen atoms in total. The molecule has 0 spiro atoms. The maximum absolute atomic E-state index is 12.2. The van der Waals surface area contributed by atoms with E-state index in [1.54, 1.807) is 0 Å². The molecule has 1 heterocycles. The SMILES string of the molecule is O=C(Nc1ccc(N2CCN(Cc3ccccc3)CC2)cc1)NC1CCCCC1. The van der Waals surface area contributed by atoms with Crippen LogP contribution in [0.3, 0.4) is 0 Å². The zero-order chi connectivity index (χ0) is 19.9. The van der Waals surface area contributed by atoms with Gasteiger partial charge in [0, 0.05) is 50.1 Å². The number of nitrogens with one attached hydrogen (secondary N) is 2. The van der Waals surface area contributed by atoms with Gasteiger partial charge in [-0.05, 0) is 42.7 Å². The van der Waals surface area contributed by atoms with Gasteiger partial charge >= 0.3 is 6.03 Å². The number of hydrogen-bond acceptors (Lipinski definition) is 3. The minimum atomic E-state index is -0.0841. The fourth-order valence-electron chi connectivity index (χ4n) is 4.36. The summed E-state index contributed by atoms with van der Waals surface area (Å²) in [6.07, 6.45) is 5.93. The van der Waals surface area contributed by atoms with Gasteiger partial charge in [0.05, 0.1) is 0 Å². The second-order valence-corrected chi connectivity index (χ2v) is 8.23. The van der Waals surface area contributed by atoms with Crippen LogP contribution in [0, 0.1) is 0 Å². The summed E-state index contributed by atoms with van der Waals surface area (Å²) in [5.74, 6) is 0. The lowest BCUT2D eigenvalue weighted by atomic mass is 9.96. The van der Waals surface area contributed by atoms with Crippen LogP contribution >= 0.6 is 0 Å². The lowest BCUT2D eigenvalue weighted by molar-refractivity contribution is 0.244. The van der Waals surface area contributed by atoms with Crippen LogP contribution in [0.5, 0.6) is 0 Å². The predicted molar refractivity (Wildman–Crippen MR) is 119 cm³/mol. The molecule has 2 aromatic rings. The van der Waals surface area contributed by atoms with E-state index in [0.717, 1.165) is 51.3 Å². The van der Waals surface area contributed by atoms with Crippen molar-refractivity contribution in [3.8, 4) is 0 Å². The third-order valence-corrected chi connectivity index (χ3v) is 6.05. The van der Waals surface area contributed by atoms with Crippen molar-refractivity contribution in [1.82, 2.24) is 10.2 Å². The maximum atomic E-state index is 12.2. The number of urea groups is 1. The molecule has 0 atom stereocenters. The van der Waals surface area contributed by atoms with E-state index < -0.39 is 0 Å². The lowest BCUT2D eigenvalue weighted by Crippen LogP contribution is -2.45. The van der Waals surface area contributed by atoms with Gasteiger partial charge in [-0.1, -0.05) is 49.6 Å². The van der Waals surface area contributed by atoms with E-state index in [-0.39, 0.29) is 6.03 Å². The quantitative estimate of drug-likeness (QED) is 0.790. The molecule has 0 aromatic heterocycles. The van der Waals surface area contributed by atoms with E-state index in [1.165, 1.54) is 30.5 Å². The molecule has 2 aliphatic rings. The van der Waals surface area contributed by atoms with Crippen LogP contribution in [-0.4, -0.2) is 43.2 Å². The van der Waals surface area contributed by atoms with Crippen LogP contribution in [0.1, 0.15) is 37.7 Å². The van der Waals surface area contributed by atoms with Crippen molar-refractivity contribution in [3.05, 3.63) is 60.2 Å². The lowest BCUT2D eigenvalue weighted by Gasteiger charge is -2.36. The Morgan fingerprint density at radius 3 is 2.24 bits per heavy atom. The highest BCUT2D eigenvalue weighted by atomic mass is 16.2. The van der Waals surface area contributed by atoms with Gasteiger partial charge in [0.25, 0.3) is 0 Å². The van der Waals surface area contributed by atoms with Gasteiger partial charge in [-0.2, -0.15) is 0 Å². The summed E-state index contributed by atoms with van der Waals surface area (Å²) in [6.45, 7) is 5.22. The molecular formula is C24H32N4O. The van der Waals surface area contributed by atoms with E-state index in [4.69, 9.17) is 0 Å². The van der Waals surface area contributed by atoms with Gasteiger partial charge in [-0.15, -0.1) is 0 Å². The molecule has 154 valence electrons. The molecule has 0 unspecified atom stereocenters. The number of hydrogen-bond donors (Lipinski definition) is 2. The number of carbonyl (C=O) groups is 1. The zero-order valence-corrected chi connectivity index (χ0v) is 17.1. The first-order valence-corrected chi connectivity index (χ1v) is 10.9. The molecule has 29 heavy (non-hydrogen) atoms. The Kier molecular flexibility index (Phi) is 6.67. The summed E-state index contributed by atoms with van der Waals surface area (Å²) in [7, 11) is 0. The number of amides is 2. The molecule has 1 aliphatic carbocycles. The van der Waals surface area contributed by atoms with Crippen molar-refractivity contribution in [3.63, 3.8) is 0 Å². The highest BCUT2D eigenvalue weighted by Gasteiger charge is 2.18. The standard InChI is InChI=1S/C24H32N4O/c29-24(25-21-9-5-2-6-10-21)26-22-11-13-23(14-12-22)28-17-15-27(16-18-28)19-20-7-3-1-4-8-20/h1,3-4,7-8,11-14,21H,2,5-6,9-10,15-19H2,(H2,25,26,29). The topological polar surface area (TPSA) is 47.6 Å². The van der Waals surface area contributed by atoms with Crippen LogP contribution in [-0.2, 0) is 6.54 Å². The largest absolute Gasteiger partial charge is 0.369 e. The number of piperazine rings is 1. The molecule has 5 heteroatoms. The molecular weight excluding hydrogens is 360 g/mol. The Morgan fingerprint density at radius 2 is 1.55 bits per heavy atom. The first kappa shape index (κ1) is 19.8. The van der Waals surface area contributed by atoms with E-state index in [2.05, 4.69) is 62.9 Å². The normalized spacial score (nSPS) is 18.4. The maximum Gasteiger partial charge on any atom is 0.319 e. The van der Waals surface area contributed by atoms with Crippen molar-refractivity contribution < 1.29 is 4.79 Å². The Hall–Kier alpha value is -2.53. The molecule has 1 aliphatic heterocycles. The number of nitrogens with zero attached hydrogens (tertiary/aromatic N) is 2. The summed E-state index contributed by atoms with van der Waals surface area (Å²) < 4.78 is 0. The molecule has 1 saturated heterocycles. The van der Waals surface area contributed by atoms with Crippen molar-refractivity contribution in [2.75, 3.05) is 36.4 Å². The molecule has 2 amide bonds. The van der Waals surface area contributed by atoms with E-state index >= 15 is 0 Å². The molecule has 0 bridgehead atoms. The average Bonchev–Trinajstić information content (AvgIpc) is 2.76. The van der Waals surface area contributed by atoms with Gasteiger partial charge in [-0.3, -0.25) is 4.90 Å². The Balaban J connectivity index is 1.23. The number of benzene rings is 2. The Bertz CT molecular complexity index is 763. The zero-order valence-electron chi connectivity index (χ0n) is 17.1. The summed E-state index contributed by atoms with van der Waals surface area (Å²) in [6, 6.07) is 19.2. The third kappa shape index (κ3) is 5.73. The van der Waals surface area contributed by atoms with Crippen LogP contribution in [0.25, 0.3) is 0 Å². The van der Waals surface area contributed by atoms with Crippen molar-refractivity contribution in [2.45, 2.75) is 44.7 Å². The van der Waals surface area contributed by atoms with Crippen molar-refractivity contribution in [2.24, 2.45) is 0 Å². The monoisotopic (exact) mass is 392 g/mol. The molecule has 1 saturated carbocycles. The van der Waals surface area contributed by atoms with E-state index in [1.807, 2.05) is 12.1 Å². The minimum absolute atomic E-state index is 0.0841. The van der Waals surface area contributed by atoms with Gasteiger partial charge in [0.15, 0.2) is 0 Å². The molecule has 2 fully saturated rings. The smallest absolute Gasteiger partial charge is 0.319 e. The van der Waals surface area contributed by atoms with Crippen molar-refractivity contribution in [1.29, 1.82) is 0 Å². The average molecular weight is 393 g/mol. The molecule has 2 aromatic carbocycles. The van der Waals surface area contributed by atoms with Crippen LogP contribution in [0.4, 0.5) is 16.2 Å². The number of carbonyl (C=O) groups excluding carboxylic acids is 1. The second-order valence-electron chi connectivity index (χ2n) is 8.23. The summed E-state index contributed by atoms with van der Waals surface area (Å²) in [4.78, 5) is 17.2. The summed E-state index contributed by atoms with van der Waals surface area (Å²) in [5, 5.41) is 6.08. The second kappa shape index (κ2) is 9.79. The summed E-state index contributed by atoms with van der Waals surface area (Å²) >= 11 is 0. The highest BCUT2D eigenvalue weighted by molar-refractivity contribution is 5.89.